The molecule has 21 heavy (non-hydrogen) atoms. The molecule has 1 amide bonds. The van der Waals surface area contributed by atoms with Crippen LogP contribution < -0.4 is 0 Å². The van der Waals surface area contributed by atoms with E-state index in [2.05, 4.69) is 9.97 Å². The van der Waals surface area contributed by atoms with Crippen LogP contribution in [0.5, 0.6) is 0 Å². The molecule has 1 atom stereocenters. The molecule has 0 bridgehead atoms. The lowest BCUT2D eigenvalue weighted by atomic mass is 10.0. The van der Waals surface area contributed by atoms with E-state index in [0.29, 0.717) is 24.2 Å². The maximum absolute atomic E-state index is 12.6. The Morgan fingerprint density at radius 2 is 2.24 bits per heavy atom. The van der Waals surface area contributed by atoms with Crippen LogP contribution in [-0.2, 0) is 18.3 Å². The van der Waals surface area contributed by atoms with Gasteiger partial charge in [0.05, 0.1) is 23.3 Å². The van der Waals surface area contributed by atoms with E-state index in [1.54, 1.807) is 36.3 Å². The number of hydrogen-bond acceptors (Lipinski definition) is 4. The Labute approximate surface area is 120 Å². The summed E-state index contributed by atoms with van der Waals surface area (Å²) in [6, 6.07) is 2.27. The second-order valence-corrected chi connectivity index (χ2v) is 4.92. The van der Waals surface area contributed by atoms with E-state index in [9.17, 15) is 14.7 Å². The lowest BCUT2D eigenvalue weighted by Gasteiger charge is -2.33. The first-order valence-electron chi connectivity index (χ1n) is 6.53. The number of carbonyl (C=O) groups is 2. The molecular weight excluding hydrogens is 272 g/mol. The number of aryl methyl sites for hydroxylation is 1. The summed E-state index contributed by atoms with van der Waals surface area (Å²) in [4.78, 5) is 33.7. The van der Waals surface area contributed by atoms with Gasteiger partial charge in [0.2, 0.25) is 0 Å². The van der Waals surface area contributed by atoms with Crippen LogP contribution in [0.4, 0.5) is 0 Å². The number of carbonyl (C=O) groups excluding carboxylic acids is 1. The smallest absolute Gasteiger partial charge is 0.332 e. The van der Waals surface area contributed by atoms with Crippen LogP contribution in [-0.4, -0.2) is 43.0 Å². The SMILES string of the molecule is Cn1cnc2c1C(C(=O)O)N(C(=O)c1cccnc1)CC2. The van der Waals surface area contributed by atoms with Crippen molar-refractivity contribution >= 4 is 11.9 Å². The molecule has 2 aromatic rings. The summed E-state index contributed by atoms with van der Waals surface area (Å²) in [6.07, 6.45) is 5.14. The Morgan fingerprint density at radius 1 is 1.43 bits per heavy atom. The van der Waals surface area contributed by atoms with Crippen LogP contribution >= 0.6 is 0 Å². The minimum absolute atomic E-state index is 0.328. The van der Waals surface area contributed by atoms with Gasteiger partial charge in [0, 0.05) is 32.4 Å². The zero-order chi connectivity index (χ0) is 15.0. The van der Waals surface area contributed by atoms with Gasteiger partial charge in [-0.15, -0.1) is 0 Å². The summed E-state index contributed by atoms with van der Waals surface area (Å²) in [7, 11) is 1.74. The predicted molar refractivity (Wildman–Crippen MR) is 72.6 cm³/mol. The van der Waals surface area contributed by atoms with Crippen molar-refractivity contribution in [1.82, 2.24) is 19.4 Å². The van der Waals surface area contributed by atoms with Crippen molar-refractivity contribution in [2.45, 2.75) is 12.5 Å². The number of carboxylic acids is 1. The lowest BCUT2D eigenvalue weighted by Crippen LogP contribution is -2.44. The summed E-state index contributed by atoms with van der Waals surface area (Å²) in [5.74, 6) is -1.39. The number of pyridine rings is 1. The minimum Gasteiger partial charge on any atom is -0.479 e. The fourth-order valence-corrected chi connectivity index (χ4v) is 2.66. The standard InChI is InChI=1S/C14H14N4O3/c1-17-8-16-10-4-6-18(12(11(10)17)14(20)21)13(19)9-3-2-5-15-7-9/h2-3,5,7-8,12H,4,6H2,1H3,(H,20,21). The third-order valence-electron chi connectivity index (χ3n) is 3.63. The number of nitrogens with zero attached hydrogens (tertiary/aromatic N) is 4. The number of aliphatic carboxylic acids is 1. The zero-order valence-corrected chi connectivity index (χ0v) is 11.4. The van der Waals surface area contributed by atoms with Crippen molar-refractivity contribution < 1.29 is 14.7 Å². The maximum atomic E-state index is 12.6. The molecule has 3 rings (SSSR count). The first-order chi connectivity index (χ1) is 10.1. The van der Waals surface area contributed by atoms with Crippen molar-refractivity contribution in [1.29, 1.82) is 0 Å². The molecule has 108 valence electrons. The van der Waals surface area contributed by atoms with Gasteiger partial charge < -0.3 is 14.6 Å². The fraction of sp³-hybridized carbons (Fsp3) is 0.286. The molecule has 0 saturated carbocycles. The van der Waals surface area contributed by atoms with E-state index < -0.39 is 12.0 Å². The highest BCUT2D eigenvalue weighted by Gasteiger charge is 2.38. The molecule has 7 heteroatoms. The van der Waals surface area contributed by atoms with Crippen molar-refractivity contribution in [3.8, 4) is 0 Å². The Balaban J connectivity index is 2.02. The Bertz CT molecular complexity index is 695. The van der Waals surface area contributed by atoms with E-state index in [-0.39, 0.29) is 5.91 Å². The number of imidazole rings is 1. The molecule has 0 fully saturated rings. The average molecular weight is 286 g/mol. The predicted octanol–water partition coefficient (Wildman–Crippen LogP) is 0.639. The van der Waals surface area contributed by atoms with Crippen LogP contribution in [0, 0.1) is 0 Å². The molecule has 0 aliphatic carbocycles. The van der Waals surface area contributed by atoms with Crippen LogP contribution in [0.25, 0.3) is 0 Å². The maximum Gasteiger partial charge on any atom is 0.332 e. The van der Waals surface area contributed by atoms with Crippen LogP contribution in [0.2, 0.25) is 0 Å². The van der Waals surface area contributed by atoms with Gasteiger partial charge in [0.15, 0.2) is 6.04 Å². The third kappa shape index (κ3) is 2.16. The number of carboxylic acid groups (broad SMARTS) is 1. The summed E-state index contributed by atoms with van der Waals surface area (Å²) >= 11 is 0. The summed E-state index contributed by atoms with van der Waals surface area (Å²) in [6.45, 7) is 0.328. The van der Waals surface area contributed by atoms with Gasteiger partial charge in [-0.05, 0) is 12.1 Å². The van der Waals surface area contributed by atoms with Gasteiger partial charge in [0.25, 0.3) is 5.91 Å². The van der Waals surface area contributed by atoms with Gasteiger partial charge in [-0.3, -0.25) is 9.78 Å². The highest BCUT2D eigenvalue weighted by atomic mass is 16.4. The third-order valence-corrected chi connectivity index (χ3v) is 3.63. The number of aromatic nitrogens is 3. The van der Waals surface area contributed by atoms with E-state index in [1.807, 2.05) is 0 Å². The highest BCUT2D eigenvalue weighted by Crippen LogP contribution is 2.30. The zero-order valence-electron chi connectivity index (χ0n) is 11.4. The molecule has 7 nitrogen and oxygen atoms in total. The van der Waals surface area contributed by atoms with E-state index in [4.69, 9.17) is 0 Å². The lowest BCUT2D eigenvalue weighted by molar-refractivity contribution is -0.143. The topological polar surface area (TPSA) is 88.3 Å². The van der Waals surface area contributed by atoms with Crippen molar-refractivity contribution in [3.05, 3.63) is 47.8 Å². The molecule has 2 aromatic heterocycles. The average Bonchev–Trinajstić information content (AvgIpc) is 2.88. The molecule has 3 heterocycles. The van der Waals surface area contributed by atoms with Crippen LogP contribution in [0.3, 0.4) is 0 Å². The number of hydrogen-bond donors (Lipinski definition) is 1. The first-order valence-corrected chi connectivity index (χ1v) is 6.53. The normalized spacial score (nSPS) is 17.4. The number of rotatable bonds is 2. The van der Waals surface area contributed by atoms with Crippen molar-refractivity contribution in [3.63, 3.8) is 0 Å². The van der Waals surface area contributed by atoms with Crippen LogP contribution in [0.15, 0.2) is 30.9 Å². The first kappa shape index (κ1) is 13.3. The molecule has 1 aliphatic rings. The van der Waals surface area contributed by atoms with Gasteiger partial charge >= 0.3 is 5.97 Å². The van der Waals surface area contributed by atoms with Gasteiger partial charge in [-0.1, -0.05) is 0 Å². The molecule has 0 radical (unpaired) electrons. The van der Waals surface area contributed by atoms with E-state index in [1.165, 1.54) is 11.1 Å². The molecule has 0 spiro atoms. The molecule has 1 aliphatic heterocycles. The summed E-state index contributed by atoms with van der Waals surface area (Å²) in [5.41, 5.74) is 1.68. The summed E-state index contributed by atoms with van der Waals surface area (Å²) < 4.78 is 1.66. The molecule has 1 unspecified atom stereocenters. The molecule has 0 saturated heterocycles. The van der Waals surface area contributed by atoms with Crippen LogP contribution in [0.1, 0.15) is 27.8 Å². The van der Waals surface area contributed by atoms with Gasteiger partial charge in [-0.25, -0.2) is 9.78 Å². The molecular formula is C14H14N4O3. The largest absolute Gasteiger partial charge is 0.479 e. The Kier molecular flexibility index (Phi) is 3.17. The fourth-order valence-electron chi connectivity index (χ4n) is 2.66. The Hall–Kier alpha value is -2.70. The second kappa shape index (κ2) is 5.01. The minimum atomic E-state index is -1.06. The quantitative estimate of drug-likeness (QED) is 0.875. The van der Waals surface area contributed by atoms with E-state index >= 15 is 0 Å². The van der Waals surface area contributed by atoms with E-state index in [0.717, 1.165) is 5.69 Å². The second-order valence-electron chi connectivity index (χ2n) is 4.92. The number of fused-ring (bicyclic) bond motifs is 1. The van der Waals surface area contributed by atoms with Gasteiger partial charge in [-0.2, -0.15) is 0 Å². The highest BCUT2D eigenvalue weighted by molar-refractivity contribution is 5.96. The Morgan fingerprint density at radius 3 is 2.90 bits per heavy atom. The van der Waals surface area contributed by atoms with Gasteiger partial charge in [0.1, 0.15) is 0 Å². The monoisotopic (exact) mass is 286 g/mol. The summed E-state index contributed by atoms with van der Waals surface area (Å²) in [5, 5.41) is 9.54. The van der Waals surface area contributed by atoms with Crippen molar-refractivity contribution in [2.75, 3.05) is 6.54 Å². The molecule has 0 aromatic carbocycles. The number of amides is 1. The molecule has 1 N–H and O–H groups in total. The van der Waals surface area contributed by atoms with Crippen molar-refractivity contribution in [2.24, 2.45) is 7.05 Å².